The van der Waals surface area contributed by atoms with Gasteiger partial charge in [0.05, 0.1) is 25.8 Å². The molecular weight excluding hydrogens is 348 g/mol. The van der Waals surface area contributed by atoms with Crippen molar-refractivity contribution in [3.63, 3.8) is 0 Å². The highest BCUT2D eigenvalue weighted by Gasteiger charge is 2.36. The summed E-state index contributed by atoms with van der Waals surface area (Å²) >= 11 is 1.77. The zero-order chi connectivity index (χ0) is 17.8. The van der Waals surface area contributed by atoms with Gasteiger partial charge in [-0.3, -0.25) is 19.9 Å². The summed E-state index contributed by atoms with van der Waals surface area (Å²) in [6.07, 6.45) is 6.61. The first kappa shape index (κ1) is 18.4. The number of likely N-dealkylation sites (tertiary alicyclic amines) is 1. The third-order valence-electron chi connectivity index (χ3n) is 5.82. The van der Waals surface area contributed by atoms with Gasteiger partial charge in [0, 0.05) is 25.7 Å². The summed E-state index contributed by atoms with van der Waals surface area (Å²) in [6, 6.07) is 2.71. The van der Waals surface area contributed by atoms with E-state index in [1.807, 2.05) is 0 Å². The van der Waals surface area contributed by atoms with Gasteiger partial charge in [-0.1, -0.05) is 12.8 Å². The number of nitrogens with one attached hydrogen (secondary N) is 2. The fraction of sp³-hybridized carbons (Fsp3) is 0.737. The summed E-state index contributed by atoms with van der Waals surface area (Å²) in [6.45, 7) is 4.36. The lowest BCUT2D eigenvalue weighted by Crippen LogP contribution is -2.69. The molecule has 1 aromatic heterocycles. The van der Waals surface area contributed by atoms with Crippen molar-refractivity contribution in [2.75, 3.05) is 32.8 Å². The van der Waals surface area contributed by atoms with Crippen LogP contribution in [-0.4, -0.2) is 67.1 Å². The average Bonchev–Trinajstić information content (AvgIpc) is 3.06. The molecule has 1 amide bonds. The molecule has 2 unspecified atom stereocenters. The molecule has 3 saturated heterocycles. The van der Waals surface area contributed by atoms with Crippen molar-refractivity contribution in [3.05, 3.63) is 22.4 Å². The predicted octanol–water partition coefficient (Wildman–Crippen LogP) is 1.59. The first-order valence-electron chi connectivity index (χ1n) is 9.93. The van der Waals surface area contributed by atoms with Gasteiger partial charge in [-0.2, -0.15) is 11.3 Å². The summed E-state index contributed by atoms with van der Waals surface area (Å²) in [7, 11) is 0. The minimum absolute atomic E-state index is 0.0640. The topological polar surface area (TPSA) is 56.8 Å². The average molecular weight is 379 g/mol. The number of hydrogen-bond acceptors (Lipinski definition) is 6. The minimum atomic E-state index is -0.0640. The molecule has 4 heterocycles. The smallest absolute Gasteiger partial charge is 0.225 e. The van der Waals surface area contributed by atoms with Gasteiger partial charge in [-0.25, -0.2) is 0 Å². The first-order chi connectivity index (χ1) is 12.8. The molecule has 0 aliphatic carbocycles. The molecule has 1 aromatic rings. The Morgan fingerprint density at radius 3 is 2.88 bits per heavy atom. The number of hydrogen-bond donors (Lipinski definition) is 2. The van der Waals surface area contributed by atoms with E-state index in [9.17, 15) is 4.79 Å². The zero-order valence-corrected chi connectivity index (χ0v) is 16.2. The Morgan fingerprint density at radius 1 is 1.19 bits per heavy atom. The van der Waals surface area contributed by atoms with Crippen LogP contribution in [0.25, 0.3) is 0 Å². The van der Waals surface area contributed by atoms with Crippen molar-refractivity contribution in [2.24, 2.45) is 0 Å². The molecule has 0 spiro atoms. The maximum absolute atomic E-state index is 12.4. The number of nitrogens with zero attached hydrogens (tertiary/aromatic N) is 2. The van der Waals surface area contributed by atoms with E-state index in [2.05, 4.69) is 37.3 Å². The van der Waals surface area contributed by atoms with E-state index in [-0.39, 0.29) is 18.4 Å². The largest absolute Gasteiger partial charge is 0.379 e. The number of thiophene rings is 1. The van der Waals surface area contributed by atoms with Crippen molar-refractivity contribution in [2.45, 2.75) is 57.0 Å². The summed E-state index contributed by atoms with van der Waals surface area (Å²) in [4.78, 5) is 17.3. The van der Waals surface area contributed by atoms with Crippen LogP contribution in [0.5, 0.6) is 0 Å². The lowest BCUT2D eigenvalue weighted by Gasteiger charge is -2.45. The van der Waals surface area contributed by atoms with Crippen molar-refractivity contribution >= 4 is 17.2 Å². The van der Waals surface area contributed by atoms with Crippen LogP contribution in [0.4, 0.5) is 0 Å². The molecule has 7 heteroatoms. The van der Waals surface area contributed by atoms with Crippen molar-refractivity contribution < 1.29 is 9.53 Å². The quantitative estimate of drug-likeness (QED) is 0.833. The Hall–Kier alpha value is -0.990. The van der Waals surface area contributed by atoms with Gasteiger partial charge in [-0.05, 0) is 41.7 Å². The maximum atomic E-state index is 12.4. The highest BCUT2D eigenvalue weighted by atomic mass is 32.1. The fourth-order valence-corrected chi connectivity index (χ4v) is 5.09. The van der Waals surface area contributed by atoms with Crippen LogP contribution in [-0.2, 0) is 16.0 Å². The summed E-state index contributed by atoms with van der Waals surface area (Å²) < 4.78 is 5.47. The van der Waals surface area contributed by atoms with Crippen LogP contribution < -0.4 is 10.6 Å². The van der Waals surface area contributed by atoms with Gasteiger partial charge in [0.2, 0.25) is 5.91 Å². The number of ether oxygens (including phenoxy) is 1. The first-order valence-corrected chi connectivity index (χ1v) is 10.9. The van der Waals surface area contributed by atoms with Crippen LogP contribution in [0.3, 0.4) is 0 Å². The number of amides is 1. The van der Waals surface area contributed by atoms with Crippen molar-refractivity contribution in [1.29, 1.82) is 0 Å². The summed E-state index contributed by atoms with van der Waals surface area (Å²) in [5.41, 5.74) is 1.42. The van der Waals surface area contributed by atoms with Gasteiger partial charge in [0.25, 0.3) is 0 Å². The molecule has 6 nitrogen and oxygen atoms in total. The molecule has 2 N–H and O–H groups in total. The van der Waals surface area contributed by atoms with E-state index in [4.69, 9.17) is 4.74 Å². The summed E-state index contributed by atoms with van der Waals surface area (Å²) in [5.74, 6) is 0.156. The Kier molecular flexibility index (Phi) is 6.22. The number of carbonyl (C=O) groups is 1. The second-order valence-corrected chi connectivity index (χ2v) is 8.36. The van der Waals surface area contributed by atoms with Gasteiger partial charge < -0.3 is 10.1 Å². The third kappa shape index (κ3) is 4.46. The Morgan fingerprint density at radius 2 is 2.08 bits per heavy atom. The monoisotopic (exact) mass is 378 g/mol. The van der Waals surface area contributed by atoms with E-state index >= 15 is 0 Å². The molecule has 3 aliphatic rings. The number of carbonyl (C=O) groups excluding carboxylic acids is 1. The van der Waals surface area contributed by atoms with E-state index in [0.717, 1.165) is 39.3 Å². The van der Waals surface area contributed by atoms with Crippen LogP contribution >= 0.6 is 11.3 Å². The van der Waals surface area contributed by atoms with Gasteiger partial charge >= 0.3 is 0 Å². The Balaban J connectivity index is 1.47. The molecule has 144 valence electrons. The zero-order valence-electron chi connectivity index (χ0n) is 15.4. The molecule has 0 saturated carbocycles. The molecule has 4 rings (SSSR count). The Bertz CT molecular complexity index is 576. The molecule has 0 aromatic carbocycles. The molecule has 26 heavy (non-hydrogen) atoms. The molecule has 3 atom stereocenters. The van der Waals surface area contributed by atoms with E-state index in [0.29, 0.717) is 12.5 Å². The number of rotatable bonds is 4. The molecule has 0 bridgehead atoms. The number of morpholine rings is 1. The molecule has 3 aliphatic heterocycles. The van der Waals surface area contributed by atoms with Crippen molar-refractivity contribution in [3.8, 4) is 0 Å². The Labute approximate surface area is 159 Å². The van der Waals surface area contributed by atoms with Crippen LogP contribution in [0.2, 0.25) is 0 Å². The van der Waals surface area contributed by atoms with Gasteiger partial charge in [0.15, 0.2) is 0 Å². The normalized spacial score (nSPS) is 32.2. The minimum Gasteiger partial charge on any atom is -0.379 e. The summed E-state index contributed by atoms with van der Waals surface area (Å²) in [5, 5.41) is 11.4. The molecular formula is C19H30N4O2S. The predicted molar refractivity (Wildman–Crippen MR) is 103 cm³/mol. The van der Waals surface area contributed by atoms with Gasteiger partial charge in [0.1, 0.15) is 6.29 Å². The lowest BCUT2D eigenvalue weighted by molar-refractivity contribution is -0.131. The second-order valence-electron chi connectivity index (χ2n) is 7.58. The van der Waals surface area contributed by atoms with Crippen LogP contribution in [0.1, 0.15) is 37.7 Å². The van der Waals surface area contributed by atoms with Gasteiger partial charge in [-0.15, -0.1) is 0 Å². The molecule has 0 radical (unpaired) electrons. The third-order valence-corrected chi connectivity index (χ3v) is 6.55. The SMILES string of the molecule is O=C1CC(N2CCOCC2)NC(N2CCCCC[C@@H]2Cc2ccsc2)N1. The van der Waals surface area contributed by atoms with Crippen LogP contribution in [0.15, 0.2) is 16.8 Å². The highest BCUT2D eigenvalue weighted by molar-refractivity contribution is 7.07. The van der Waals surface area contributed by atoms with E-state index in [1.165, 1.54) is 31.2 Å². The second kappa shape index (κ2) is 8.80. The van der Waals surface area contributed by atoms with E-state index < -0.39 is 0 Å². The fourth-order valence-electron chi connectivity index (χ4n) is 4.41. The standard InChI is InChI=1S/C19H30N4O2S/c24-18-13-17(22-7-9-25-10-8-22)20-19(21-18)23-6-3-1-2-4-16(23)12-15-5-11-26-14-15/h5,11,14,16-17,19-20H,1-4,6-10,12-13H2,(H,21,24)/t16-,17?,19?/m1/s1. The lowest BCUT2D eigenvalue weighted by atomic mass is 10.0. The molecule has 3 fully saturated rings. The van der Waals surface area contributed by atoms with Crippen molar-refractivity contribution in [1.82, 2.24) is 20.4 Å². The maximum Gasteiger partial charge on any atom is 0.225 e. The van der Waals surface area contributed by atoms with E-state index in [1.54, 1.807) is 11.3 Å². The van der Waals surface area contributed by atoms with Crippen LogP contribution in [0, 0.1) is 0 Å². The highest BCUT2D eigenvalue weighted by Crippen LogP contribution is 2.24.